The first-order valence-electron chi connectivity index (χ1n) is 5.00. The predicted molar refractivity (Wildman–Crippen MR) is 58.8 cm³/mol. The van der Waals surface area contributed by atoms with Gasteiger partial charge in [0, 0.05) is 12.8 Å². The first-order chi connectivity index (χ1) is 6.64. The van der Waals surface area contributed by atoms with Crippen LogP contribution in [0.1, 0.15) is 18.1 Å². The Morgan fingerprint density at radius 3 is 2.93 bits per heavy atom. The monoisotopic (exact) mass is 191 g/mol. The van der Waals surface area contributed by atoms with Gasteiger partial charge in [0.1, 0.15) is 0 Å². The molecule has 1 aliphatic rings. The molecule has 1 aromatic rings. The number of aryl methyl sites for hydroxylation is 1. The van der Waals surface area contributed by atoms with Gasteiger partial charge in [0.2, 0.25) is 0 Å². The second-order valence-corrected chi connectivity index (χ2v) is 4.40. The Balaban J connectivity index is 2.29. The quantitative estimate of drug-likeness (QED) is 0.775. The Labute approximate surface area is 85.3 Å². The van der Waals surface area contributed by atoms with Crippen molar-refractivity contribution in [3.05, 3.63) is 29.3 Å². The van der Waals surface area contributed by atoms with Crippen LogP contribution in [0.4, 0.5) is 5.69 Å². The van der Waals surface area contributed by atoms with Crippen molar-refractivity contribution in [3.63, 3.8) is 0 Å². The van der Waals surface area contributed by atoms with E-state index in [4.69, 9.17) is 4.74 Å². The lowest BCUT2D eigenvalue weighted by Gasteiger charge is -2.23. The van der Waals surface area contributed by atoms with E-state index in [1.165, 1.54) is 16.8 Å². The Morgan fingerprint density at radius 1 is 1.50 bits per heavy atom. The van der Waals surface area contributed by atoms with Crippen LogP contribution >= 0.6 is 0 Å². The summed E-state index contributed by atoms with van der Waals surface area (Å²) in [6, 6.07) is 6.40. The van der Waals surface area contributed by atoms with Gasteiger partial charge in [-0.3, -0.25) is 0 Å². The molecule has 2 rings (SSSR count). The molecule has 1 unspecified atom stereocenters. The molecule has 0 fully saturated rings. The molecule has 0 amide bonds. The van der Waals surface area contributed by atoms with E-state index in [2.05, 4.69) is 37.4 Å². The van der Waals surface area contributed by atoms with Crippen LogP contribution < -0.4 is 5.32 Å². The summed E-state index contributed by atoms with van der Waals surface area (Å²) >= 11 is 0. The molecule has 14 heavy (non-hydrogen) atoms. The molecule has 0 aliphatic carbocycles. The van der Waals surface area contributed by atoms with Gasteiger partial charge in [-0.05, 0) is 37.5 Å². The number of fused-ring (bicyclic) bond motifs is 1. The zero-order valence-corrected chi connectivity index (χ0v) is 9.05. The lowest BCUT2D eigenvalue weighted by atomic mass is 9.96. The number of methoxy groups -OCH3 is 1. The van der Waals surface area contributed by atoms with E-state index in [-0.39, 0.29) is 5.54 Å². The second kappa shape index (κ2) is 3.28. The maximum absolute atomic E-state index is 5.24. The fourth-order valence-electron chi connectivity index (χ4n) is 2.22. The number of rotatable bonds is 2. The molecule has 2 heteroatoms. The molecule has 1 N–H and O–H groups in total. The highest BCUT2D eigenvalue weighted by molar-refractivity contribution is 5.61. The number of nitrogens with one attached hydrogen (secondary N) is 1. The third kappa shape index (κ3) is 1.50. The fraction of sp³-hybridized carbons (Fsp3) is 0.500. The highest BCUT2D eigenvalue weighted by Crippen LogP contribution is 2.34. The maximum Gasteiger partial charge on any atom is 0.0693 e. The van der Waals surface area contributed by atoms with E-state index in [1.54, 1.807) is 7.11 Å². The Hall–Kier alpha value is -1.02. The highest BCUT2D eigenvalue weighted by Gasteiger charge is 2.32. The molecule has 1 aromatic carbocycles. The summed E-state index contributed by atoms with van der Waals surface area (Å²) in [5.74, 6) is 0. The van der Waals surface area contributed by atoms with E-state index in [1.807, 2.05) is 0 Å². The molecule has 0 saturated heterocycles. The second-order valence-electron chi connectivity index (χ2n) is 4.40. The smallest absolute Gasteiger partial charge is 0.0693 e. The van der Waals surface area contributed by atoms with Gasteiger partial charge in [-0.2, -0.15) is 0 Å². The predicted octanol–water partition coefficient (Wildman–Crippen LogP) is 2.37. The van der Waals surface area contributed by atoms with Gasteiger partial charge in [-0.25, -0.2) is 0 Å². The van der Waals surface area contributed by atoms with Crippen LogP contribution in [-0.4, -0.2) is 19.3 Å². The van der Waals surface area contributed by atoms with Crippen LogP contribution in [0.3, 0.4) is 0 Å². The molecule has 1 atom stereocenters. The Kier molecular flexibility index (Phi) is 2.23. The topological polar surface area (TPSA) is 21.3 Å². The Bertz CT molecular complexity index is 348. The van der Waals surface area contributed by atoms with Gasteiger partial charge in [0.25, 0.3) is 0 Å². The first kappa shape index (κ1) is 9.53. The van der Waals surface area contributed by atoms with E-state index in [0.717, 1.165) is 13.0 Å². The number of anilines is 1. The van der Waals surface area contributed by atoms with E-state index in [0.29, 0.717) is 0 Å². The normalized spacial score (nSPS) is 24.5. The molecule has 0 saturated carbocycles. The van der Waals surface area contributed by atoms with Gasteiger partial charge in [-0.1, -0.05) is 12.1 Å². The number of ether oxygens (including phenoxy) is 1. The van der Waals surface area contributed by atoms with Crippen LogP contribution in [0.25, 0.3) is 0 Å². The minimum Gasteiger partial charge on any atom is -0.382 e. The summed E-state index contributed by atoms with van der Waals surface area (Å²) < 4.78 is 5.24. The van der Waals surface area contributed by atoms with Crippen molar-refractivity contribution in [2.45, 2.75) is 25.8 Å². The van der Waals surface area contributed by atoms with Crippen molar-refractivity contribution in [1.29, 1.82) is 0 Å². The van der Waals surface area contributed by atoms with Gasteiger partial charge in [0.15, 0.2) is 0 Å². The molecule has 1 heterocycles. The zero-order chi connectivity index (χ0) is 10.2. The largest absolute Gasteiger partial charge is 0.382 e. The van der Waals surface area contributed by atoms with Crippen molar-refractivity contribution in [3.8, 4) is 0 Å². The van der Waals surface area contributed by atoms with E-state index >= 15 is 0 Å². The summed E-state index contributed by atoms with van der Waals surface area (Å²) in [4.78, 5) is 0. The van der Waals surface area contributed by atoms with Crippen LogP contribution in [-0.2, 0) is 11.2 Å². The van der Waals surface area contributed by atoms with Crippen LogP contribution in [0, 0.1) is 6.92 Å². The third-order valence-electron chi connectivity index (χ3n) is 2.88. The average molecular weight is 191 g/mol. The zero-order valence-electron chi connectivity index (χ0n) is 9.05. The maximum atomic E-state index is 5.24. The van der Waals surface area contributed by atoms with Gasteiger partial charge in [0.05, 0.1) is 12.1 Å². The standard InChI is InChI=1S/C12H17NO/c1-9-5-4-6-11-10(9)7-12(2,13-11)8-14-3/h4-6,13H,7-8H2,1-3H3. The van der Waals surface area contributed by atoms with Crippen molar-refractivity contribution < 1.29 is 4.74 Å². The summed E-state index contributed by atoms with van der Waals surface area (Å²) in [7, 11) is 1.75. The van der Waals surface area contributed by atoms with Gasteiger partial charge >= 0.3 is 0 Å². The number of hydrogen-bond donors (Lipinski definition) is 1. The molecule has 0 radical (unpaired) electrons. The first-order valence-corrected chi connectivity index (χ1v) is 5.00. The fourth-order valence-corrected chi connectivity index (χ4v) is 2.22. The summed E-state index contributed by atoms with van der Waals surface area (Å²) in [6.07, 6.45) is 1.06. The van der Waals surface area contributed by atoms with Crippen molar-refractivity contribution >= 4 is 5.69 Å². The lowest BCUT2D eigenvalue weighted by molar-refractivity contribution is 0.153. The number of benzene rings is 1. The molecule has 0 aromatic heterocycles. The molecule has 0 spiro atoms. The van der Waals surface area contributed by atoms with E-state index < -0.39 is 0 Å². The van der Waals surface area contributed by atoms with Crippen molar-refractivity contribution in [2.75, 3.05) is 19.0 Å². The summed E-state index contributed by atoms with van der Waals surface area (Å²) in [5.41, 5.74) is 4.15. The lowest BCUT2D eigenvalue weighted by Crippen LogP contribution is -2.37. The third-order valence-corrected chi connectivity index (χ3v) is 2.88. The minimum absolute atomic E-state index is 0.0726. The SMILES string of the molecule is COCC1(C)Cc2c(C)cccc2N1. The summed E-state index contributed by atoms with van der Waals surface area (Å²) in [6.45, 7) is 5.12. The molecule has 1 aliphatic heterocycles. The molecule has 76 valence electrons. The Morgan fingerprint density at radius 2 is 2.29 bits per heavy atom. The molecule has 0 bridgehead atoms. The van der Waals surface area contributed by atoms with Crippen LogP contribution in [0.2, 0.25) is 0 Å². The van der Waals surface area contributed by atoms with E-state index in [9.17, 15) is 0 Å². The molecule has 2 nitrogen and oxygen atoms in total. The average Bonchev–Trinajstić information content (AvgIpc) is 2.44. The van der Waals surface area contributed by atoms with Crippen LogP contribution in [0.15, 0.2) is 18.2 Å². The minimum atomic E-state index is 0.0726. The molecular formula is C12H17NO. The van der Waals surface area contributed by atoms with Crippen LogP contribution in [0.5, 0.6) is 0 Å². The van der Waals surface area contributed by atoms with Crippen molar-refractivity contribution in [2.24, 2.45) is 0 Å². The number of hydrogen-bond acceptors (Lipinski definition) is 2. The summed E-state index contributed by atoms with van der Waals surface area (Å²) in [5, 5.41) is 3.53. The van der Waals surface area contributed by atoms with Gasteiger partial charge < -0.3 is 10.1 Å². The van der Waals surface area contributed by atoms with Crippen molar-refractivity contribution in [1.82, 2.24) is 0 Å². The molecular weight excluding hydrogens is 174 g/mol. The highest BCUT2D eigenvalue weighted by atomic mass is 16.5. The van der Waals surface area contributed by atoms with Gasteiger partial charge in [-0.15, -0.1) is 0 Å².